The molecule has 8 heteroatoms. The fourth-order valence-corrected chi connectivity index (χ4v) is 2.66. The fourth-order valence-electron chi connectivity index (χ4n) is 2.47. The molecule has 0 radical (unpaired) electrons. The Bertz CT molecular complexity index is 835. The number of anilines is 1. The van der Waals surface area contributed by atoms with Gasteiger partial charge in [-0.15, -0.1) is 0 Å². The van der Waals surface area contributed by atoms with Gasteiger partial charge in [0.2, 0.25) is 0 Å². The maximum absolute atomic E-state index is 12.1. The second-order valence-corrected chi connectivity index (χ2v) is 5.82. The number of non-ortho nitro benzene ring substituents is 1. The van der Waals surface area contributed by atoms with E-state index < -0.39 is 10.8 Å². The molecule has 7 nitrogen and oxygen atoms in total. The average molecular weight is 375 g/mol. The number of nitrogens with zero attached hydrogens (tertiary/aromatic N) is 3. The molecule has 0 aliphatic carbocycles. The normalized spacial score (nSPS) is 10.7. The number of halogens is 1. The van der Waals surface area contributed by atoms with Crippen molar-refractivity contribution in [1.29, 1.82) is 0 Å². The van der Waals surface area contributed by atoms with Crippen molar-refractivity contribution in [2.24, 2.45) is 5.10 Å². The summed E-state index contributed by atoms with van der Waals surface area (Å²) in [6, 6.07) is 11.1. The molecule has 0 bridgehead atoms. The number of benzene rings is 2. The Morgan fingerprint density at radius 3 is 2.62 bits per heavy atom. The van der Waals surface area contributed by atoms with Crippen LogP contribution in [0.2, 0.25) is 5.02 Å². The molecule has 136 valence electrons. The molecule has 0 aliphatic heterocycles. The van der Waals surface area contributed by atoms with Crippen molar-refractivity contribution in [1.82, 2.24) is 5.43 Å². The number of nitro groups is 1. The predicted octanol–water partition coefficient (Wildman–Crippen LogP) is 3.86. The highest BCUT2D eigenvalue weighted by molar-refractivity contribution is 6.30. The topological polar surface area (TPSA) is 87.8 Å². The molecule has 1 amide bonds. The quantitative estimate of drug-likeness (QED) is 0.453. The molecule has 0 spiro atoms. The Kier molecular flexibility index (Phi) is 6.68. The minimum Gasteiger partial charge on any atom is -0.372 e. The van der Waals surface area contributed by atoms with Crippen LogP contribution in [0.15, 0.2) is 47.6 Å². The number of nitrogens with one attached hydrogen (secondary N) is 1. The van der Waals surface area contributed by atoms with Gasteiger partial charge in [-0.1, -0.05) is 17.7 Å². The Hall–Kier alpha value is -2.93. The molecule has 0 saturated carbocycles. The largest absolute Gasteiger partial charge is 0.372 e. The number of hydrogen-bond donors (Lipinski definition) is 1. The molecular weight excluding hydrogens is 356 g/mol. The van der Waals surface area contributed by atoms with Crippen molar-refractivity contribution in [3.8, 4) is 0 Å². The Morgan fingerprint density at radius 2 is 2.00 bits per heavy atom. The van der Waals surface area contributed by atoms with Crippen LogP contribution in [0.25, 0.3) is 0 Å². The van der Waals surface area contributed by atoms with E-state index in [2.05, 4.69) is 10.5 Å². The van der Waals surface area contributed by atoms with E-state index in [1.165, 1.54) is 24.4 Å². The molecule has 2 rings (SSSR count). The lowest BCUT2D eigenvalue weighted by Crippen LogP contribution is -2.23. The second-order valence-electron chi connectivity index (χ2n) is 5.38. The zero-order chi connectivity index (χ0) is 19.1. The molecule has 2 aromatic carbocycles. The maximum atomic E-state index is 12.1. The lowest BCUT2D eigenvalue weighted by atomic mass is 10.1. The highest BCUT2D eigenvalue weighted by Crippen LogP contribution is 2.24. The average Bonchev–Trinajstić information content (AvgIpc) is 2.63. The minimum absolute atomic E-state index is 0.0384. The van der Waals surface area contributed by atoms with Crippen LogP contribution in [0.5, 0.6) is 0 Å². The Balaban J connectivity index is 2.25. The smallest absolute Gasteiger partial charge is 0.271 e. The molecule has 0 unspecified atom stereocenters. The molecule has 0 aromatic heterocycles. The predicted molar refractivity (Wildman–Crippen MR) is 103 cm³/mol. The minimum atomic E-state index is -0.464. The van der Waals surface area contributed by atoms with E-state index in [9.17, 15) is 14.9 Å². The van der Waals surface area contributed by atoms with Gasteiger partial charge in [0.15, 0.2) is 0 Å². The SMILES string of the molecule is CCN(CC)c1ccc([N+](=O)[O-])cc1/C=N\NC(=O)c1cccc(Cl)c1. The number of nitro benzene ring substituents is 1. The van der Waals surface area contributed by atoms with Crippen LogP contribution in [0.1, 0.15) is 29.8 Å². The molecule has 0 heterocycles. The van der Waals surface area contributed by atoms with Gasteiger partial charge in [-0.2, -0.15) is 5.10 Å². The van der Waals surface area contributed by atoms with Crippen LogP contribution in [0.3, 0.4) is 0 Å². The number of rotatable bonds is 7. The summed E-state index contributed by atoms with van der Waals surface area (Å²) < 4.78 is 0. The van der Waals surface area contributed by atoms with Gasteiger partial charge in [0.25, 0.3) is 11.6 Å². The summed E-state index contributed by atoms with van der Waals surface area (Å²) in [4.78, 5) is 24.7. The number of amides is 1. The summed E-state index contributed by atoms with van der Waals surface area (Å²) in [5.41, 5.74) is 4.10. The lowest BCUT2D eigenvalue weighted by Gasteiger charge is -2.22. The molecule has 1 N–H and O–H groups in total. The summed E-state index contributed by atoms with van der Waals surface area (Å²) in [6.45, 7) is 5.47. The summed E-state index contributed by atoms with van der Waals surface area (Å²) in [5.74, 6) is -0.418. The standard InChI is InChI=1S/C18H19ClN4O3/c1-3-22(4-2)17-9-8-16(23(25)26)11-14(17)12-20-21-18(24)13-6-5-7-15(19)10-13/h5-12H,3-4H2,1-2H3,(H,21,24)/b20-12-. The summed E-state index contributed by atoms with van der Waals surface area (Å²) >= 11 is 5.87. The van der Waals surface area contributed by atoms with Crippen LogP contribution in [0, 0.1) is 10.1 Å². The van der Waals surface area contributed by atoms with E-state index in [0.29, 0.717) is 16.1 Å². The van der Waals surface area contributed by atoms with Gasteiger partial charge in [-0.25, -0.2) is 5.43 Å². The summed E-state index contributed by atoms with van der Waals surface area (Å²) in [5, 5.41) is 15.4. The number of carbonyl (C=O) groups excluding carboxylic acids is 1. The van der Waals surface area contributed by atoms with Crippen molar-refractivity contribution >= 4 is 35.1 Å². The molecule has 2 aromatic rings. The monoisotopic (exact) mass is 374 g/mol. The number of hydrazone groups is 1. The Morgan fingerprint density at radius 1 is 1.27 bits per heavy atom. The van der Waals surface area contributed by atoms with Gasteiger partial charge < -0.3 is 4.90 Å². The van der Waals surface area contributed by atoms with Gasteiger partial charge in [0.1, 0.15) is 0 Å². The molecule has 0 aliphatic rings. The third-order valence-electron chi connectivity index (χ3n) is 3.78. The third kappa shape index (κ3) is 4.80. The second kappa shape index (κ2) is 8.96. The first-order valence-corrected chi connectivity index (χ1v) is 8.46. The van der Waals surface area contributed by atoms with E-state index in [-0.39, 0.29) is 5.69 Å². The summed E-state index contributed by atoms with van der Waals surface area (Å²) in [7, 11) is 0. The highest BCUT2D eigenvalue weighted by Gasteiger charge is 2.13. The molecule has 26 heavy (non-hydrogen) atoms. The first-order chi connectivity index (χ1) is 12.5. The maximum Gasteiger partial charge on any atom is 0.271 e. The van der Waals surface area contributed by atoms with Crippen molar-refractivity contribution in [2.45, 2.75) is 13.8 Å². The summed E-state index contributed by atoms with van der Waals surface area (Å²) in [6.07, 6.45) is 1.41. The van der Waals surface area contributed by atoms with E-state index in [0.717, 1.165) is 18.8 Å². The number of carbonyl (C=O) groups is 1. The van der Waals surface area contributed by atoms with Crippen LogP contribution in [-0.4, -0.2) is 30.1 Å². The van der Waals surface area contributed by atoms with E-state index in [4.69, 9.17) is 11.6 Å². The van der Waals surface area contributed by atoms with Gasteiger partial charge in [0, 0.05) is 47.1 Å². The van der Waals surface area contributed by atoms with Crippen LogP contribution in [-0.2, 0) is 0 Å². The van der Waals surface area contributed by atoms with E-state index >= 15 is 0 Å². The van der Waals surface area contributed by atoms with Crippen molar-refractivity contribution in [3.05, 3.63) is 68.7 Å². The van der Waals surface area contributed by atoms with Crippen molar-refractivity contribution in [2.75, 3.05) is 18.0 Å². The lowest BCUT2D eigenvalue weighted by molar-refractivity contribution is -0.384. The molecule has 0 atom stereocenters. The molecule has 0 saturated heterocycles. The van der Waals surface area contributed by atoms with E-state index in [1.54, 1.807) is 24.3 Å². The molecule has 0 fully saturated rings. The van der Waals surface area contributed by atoms with Gasteiger partial charge in [-0.05, 0) is 38.1 Å². The van der Waals surface area contributed by atoms with Crippen LogP contribution >= 0.6 is 11.6 Å². The van der Waals surface area contributed by atoms with Gasteiger partial charge in [-0.3, -0.25) is 14.9 Å². The first kappa shape index (κ1) is 19.4. The zero-order valence-electron chi connectivity index (χ0n) is 14.5. The third-order valence-corrected chi connectivity index (χ3v) is 4.02. The van der Waals surface area contributed by atoms with Crippen LogP contribution < -0.4 is 10.3 Å². The first-order valence-electron chi connectivity index (χ1n) is 8.08. The zero-order valence-corrected chi connectivity index (χ0v) is 15.2. The highest BCUT2D eigenvalue weighted by atomic mass is 35.5. The fraction of sp³-hybridized carbons (Fsp3) is 0.222. The van der Waals surface area contributed by atoms with Crippen LogP contribution in [0.4, 0.5) is 11.4 Å². The number of hydrogen-bond acceptors (Lipinski definition) is 5. The van der Waals surface area contributed by atoms with Crippen molar-refractivity contribution < 1.29 is 9.72 Å². The molecular formula is C18H19ClN4O3. The van der Waals surface area contributed by atoms with Crippen molar-refractivity contribution in [3.63, 3.8) is 0 Å². The van der Waals surface area contributed by atoms with Gasteiger partial charge in [0.05, 0.1) is 11.1 Å². The van der Waals surface area contributed by atoms with E-state index in [1.807, 2.05) is 18.7 Å². The van der Waals surface area contributed by atoms with Gasteiger partial charge >= 0.3 is 0 Å². The Labute approximate surface area is 156 Å².